The second-order valence-electron chi connectivity index (χ2n) is 7.92. The van der Waals surface area contributed by atoms with Crippen LogP contribution in [0.15, 0.2) is 100 Å². The highest BCUT2D eigenvalue weighted by Gasteiger charge is 2.24. The van der Waals surface area contributed by atoms with Gasteiger partial charge in [-0.15, -0.1) is 0 Å². The zero-order valence-corrected chi connectivity index (χ0v) is 20.6. The van der Waals surface area contributed by atoms with Gasteiger partial charge in [0, 0.05) is 15.6 Å². The number of rotatable bonds is 7. The number of fused-ring (bicyclic) bond motifs is 1. The van der Waals surface area contributed by atoms with Gasteiger partial charge in [-0.25, -0.2) is 9.79 Å². The monoisotopic (exact) mass is 527 g/mol. The zero-order chi connectivity index (χ0) is 24.2. The lowest BCUT2D eigenvalue weighted by molar-refractivity contribution is -0.129. The molecule has 0 atom stereocenters. The summed E-state index contributed by atoms with van der Waals surface area (Å²) in [5.74, 6) is 1.03. The summed E-state index contributed by atoms with van der Waals surface area (Å²) in [6, 6.07) is 27.3. The first-order valence-electron chi connectivity index (χ1n) is 11.3. The number of ether oxygens (including phenoxy) is 3. The van der Waals surface area contributed by atoms with Crippen molar-refractivity contribution in [3.05, 3.63) is 112 Å². The highest BCUT2D eigenvalue weighted by molar-refractivity contribution is 9.10. The summed E-state index contributed by atoms with van der Waals surface area (Å²) in [6.45, 7) is 2.79. The van der Waals surface area contributed by atoms with Gasteiger partial charge >= 0.3 is 5.97 Å². The van der Waals surface area contributed by atoms with E-state index in [9.17, 15) is 4.79 Å². The molecule has 0 aliphatic carbocycles. The van der Waals surface area contributed by atoms with Crippen LogP contribution in [-0.2, 0) is 16.1 Å². The van der Waals surface area contributed by atoms with E-state index in [0.717, 1.165) is 31.9 Å². The number of nitrogens with zero attached hydrogens (tertiary/aromatic N) is 1. The van der Waals surface area contributed by atoms with Gasteiger partial charge in [0.15, 0.2) is 17.2 Å². The molecule has 4 aromatic rings. The Morgan fingerprint density at radius 3 is 2.51 bits per heavy atom. The summed E-state index contributed by atoms with van der Waals surface area (Å²) < 4.78 is 18.3. The first-order chi connectivity index (χ1) is 17.1. The molecule has 1 heterocycles. The van der Waals surface area contributed by atoms with Gasteiger partial charge in [-0.3, -0.25) is 0 Å². The van der Waals surface area contributed by atoms with Gasteiger partial charge in [0.2, 0.25) is 5.90 Å². The van der Waals surface area contributed by atoms with E-state index in [4.69, 9.17) is 14.2 Å². The standard InChI is InChI=1S/C29H22BrNO4/c1-2-33-27-16-19(11-14-26(27)34-18-23-9-5-6-10-24(23)30)15-25-29(32)35-28(31-25)22-13-12-20-7-3-4-8-21(20)17-22/h3-17H,2,18H2,1H3/b25-15-. The minimum atomic E-state index is -0.486. The zero-order valence-electron chi connectivity index (χ0n) is 19.0. The molecule has 6 heteroatoms. The minimum absolute atomic E-state index is 0.234. The number of benzene rings is 4. The normalized spacial score (nSPS) is 14.2. The number of hydrogen-bond acceptors (Lipinski definition) is 5. The fourth-order valence-corrected chi connectivity index (χ4v) is 4.19. The van der Waals surface area contributed by atoms with E-state index in [2.05, 4.69) is 20.9 Å². The largest absolute Gasteiger partial charge is 0.490 e. The number of aliphatic imine (C=N–C) groups is 1. The maximum atomic E-state index is 12.5. The summed E-state index contributed by atoms with van der Waals surface area (Å²) in [5, 5.41) is 2.17. The number of esters is 1. The van der Waals surface area contributed by atoms with Gasteiger partial charge in [-0.1, -0.05) is 70.5 Å². The topological polar surface area (TPSA) is 57.1 Å². The fraction of sp³-hybridized carbons (Fsp3) is 0.103. The third-order valence-corrected chi connectivity index (χ3v) is 6.30. The van der Waals surface area contributed by atoms with Crippen LogP contribution in [0, 0.1) is 0 Å². The number of halogens is 1. The van der Waals surface area contributed by atoms with Crippen LogP contribution in [0.3, 0.4) is 0 Å². The first-order valence-corrected chi connectivity index (χ1v) is 12.0. The van der Waals surface area contributed by atoms with E-state index in [-0.39, 0.29) is 5.70 Å². The van der Waals surface area contributed by atoms with Gasteiger partial charge in [-0.05, 0) is 59.7 Å². The Morgan fingerprint density at radius 2 is 1.69 bits per heavy atom. The van der Waals surface area contributed by atoms with E-state index in [1.807, 2.05) is 91.9 Å². The average molecular weight is 528 g/mol. The fourth-order valence-electron chi connectivity index (χ4n) is 3.79. The van der Waals surface area contributed by atoms with Crippen molar-refractivity contribution in [1.29, 1.82) is 0 Å². The van der Waals surface area contributed by atoms with E-state index < -0.39 is 5.97 Å². The molecule has 35 heavy (non-hydrogen) atoms. The Morgan fingerprint density at radius 1 is 0.886 bits per heavy atom. The molecular formula is C29H22BrNO4. The van der Waals surface area contributed by atoms with E-state index >= 15 is 0 Å². The lowest BCUT2D eigenvalue weighted by atomic mass is 10.1. The molecule has 0 amide bonds. The Bertz CT molecular complexity index is 1470. The molecular weight excluding hydrogens is 506 g/mol. The lowest BCUT2D eigenvalue weighted by Crippen LogP contribution is -2.05. The molecule has 174 valence electrons. The van der Waals surface area contributed by atoms with E-state index in [1.54, 1.807) is 6.08 Å². The third-order valence-electron chi connectivity index (χ3n) is 5.53. The Hall–Kier alpha value is -3.90. The summed E-state index contributed by atoms with van der Waals surface area (Å²) in [6.07, 6.45) is 1.69. The Kier molecular flexibility index (Phi) is 6.64. The van der Waals surface area contributed by atoms with Crippen LogP contribution in [0.25, 0.3) is 16.8 Å². The quantitative estimate of drug-likeness (QED) is 0.193. The molecule has 0 fully saturated rings. The van der Waals surface area contributed by atoms with E-state index in [0.29, 0.717) is 30.6 Å². The molecule has 4 aromatic carbocycles. The van der Waals surface area contributed by atoms with Gasteiger partial charge in [0.1, 0.15) is 6.61 Å². The molecule has 0 unspecified atom stereocenters. The molecule has 0 N–H and O–H groups in total. The van der Waals surface area contributed by atoms with Crippen molar-refractivity contribution in [1.82, 2.24) is 0 Å². The first kappa shape index (κ1) is 22.9. The summed E-state index contributed by atoms with van der Waals surface area (Å²) in [5.41, 5.74) is 2.78. The minimum Gasteiger partial charge on any atom is -0.490 e. The molecule has 0 radical (unpaired) electrons. The van der Waals surface area contributed by atoms with Crippen molar-refractivity contribution >= 4 is 44.6 Å². The van der Waals surface area contributed by atoms with Crippen LogP contribution in [0.1, 0.15) is 23.6 Å². The summed E-state index contributed by atoms with van der Waals surface area (Å²) in [4.78, 5) is 17.0. The predicted octanol–water partition coefficient (Wildman–Crippen LogP) is 6.92. The van der Waals surface area contributed by atoms with Crippen LogP contribution in [0.2, 0.25) is 0 Å². The van der Waals surface area contributed by atoms with Crippen LogP contribution >= 0.6 is 15.9 Å². The number of carbonyl (C=O) groups excluding carboxylic acids is 1. The van der Waals surface area contributed by atoms with Crippen molar-refractivity contribution in [2.75, 3.05) is 6.61 Å². The molecule has 0 spiro atoms. The highest BCUT2D eigenvalue weighted by Crippen LogP contribution is 2.31. The number of cyclic esters (lactones) is 1. The second kappa shape index (κ2) is 10.2. The second-order valence-corrected chi connectivity index (χ2v) is 8.77. The van der Waals surface area contributed by atoms with Crippen molar-refractivity contribution in [2.24, 2.45) is 4.99 Å². The maximum Gasteiger partial charge on any atom is 0.363 e. The van der Waals surface area contributed by atoms with Crippen molar-refractivity contribution in [2.45, 2.75) is 13.5 Å². The third kappa shape index (κ3) is 5.12. The van der Waals surface area contributed by atoms with Crippen LogP contribution in [0.5, 0.6) is 11.5 Å². The predicted molar refractivity (Wildman–Crippen MR) is 141 cm³/mol. The van der Waals surface area contributed by atoms with Crippen LogP contribution < -0.4 is 9.47 Å². The van der Waals surface area contributed by atoms with Crippen molar-refractivity contribution in [3.8, 4) is 11.5 Å². The van der Waals surface area contributed by atoms with Crippen LogP contribution in [0.4, 0.5) is 0 Å². The molecule has 0 saturated heterocycles. The Labute approximate surface area is 211 Å². The molecule has 0 aromatic heterocycles. The molecule has 5 rings (SSSR count). The van der Waals surface area contributed by atoms with E-state index in [1.165, 1.54) is 0 Å². The smallest absolute Gasteiger partial charge is 0.363 e. The van der Waals surface area contributed by atoms with Crippen molar-refractivity contribution in [3.63, 3.8) is 0 Å². The molecule has 0 saturated carbocycles. The summed E-state index contributed by atoms with van der Waals surface area (Å²) in [7, 11) is 0. The Balaban J connectivity index is 1.39. The molecule has 5 nitrogen and oxygen atoms in total. The van der Waals surface area contributed by atoms with Gasteiger partial charge in [0.25, 0.3) is 0 Å². The number of hydrogen-bond donors (Lipinski definition) is 0. The van der Waals surface area contributed by atoms with Gasteiger partial charge in [-0.2, -0.15) is 0 Å². The van der Waals surface area contributed by atoms with Crippen molar-refractivity contribution < 1.29 is 19.0 Å². The number of carbonyl (C=O) groups is 1. The highest BCUT2D eigenvalue weighted by atomic mass is 79.9. The SMILES string of the molecule is CCOc1cc(/C=C2\N=C(c3ccc4ccccc4c3)OC2=O)ccc1OCc1ccccc1Br. The van der Waals surface area contributed by atoms with Gasteiger partial charge in [0.05, 0.1) is 6.61 Å². The van der Waals surface area contributed by atoms with Crippen LogP contribution in [-0.4, -0.2) is 18.5 Å². The lowest BCUT2D eigenvalue weighted by Gasteiger charge is -2.13. The molecule has 1 aliphatic heterocycles. The molecule has 1 aliphatic rings. The maximum absolute atomic E-state index is 12.5. The average Bonchev–Trinajstić information content (AvgIpc) is 3.24. The summed E-state index contributed by atoms with van der Waals surface area (Å²) >= 11 is 3.54. The van der Waals surface area contributed by atoms with Gasteiger partial charge < -0.3 is 14.2 Å². The molecule has 0 bridgehead atoms.